The topological polar surface area (TPSA) is 64.3 Å². The molecular formula is C16H24N2O2. The number of nitrogens with one attached hydrogen (secondary N) is 1. The van der Waals surface area contributed by atoms with Crippen LogP contribution in [-0.2, 0) is 11.2 Å². The molecule has 0 radical (unpaired) electrons. The molecule has 1 aliphatic rings. The van der Waals surface area contributed by atoms with Gasteiger partial charge in [0.2, 0.25) is 5.91 Å². The van der Waals surface area contributed by atoms with Crippen LogP contribution in [0.1, 0.15) is 38.2 Å². The summed E-state index contributed by atoms with van der Waals surface area (Å²) >= 11 is 0. The van der Waals surface area contributed by atoms with Crippen LogP contribution >= 0.6 is 0 Å². The van der Waals surface area contributed by atoms with E-state index in [0.29, 0.717) is 6.42 Å². The first-order chi connectivity index (χ1) is 9.61. The van der Waals surface area contributed by atoms with Crippen molar-refractivity contribution in [2.75, 3.05) is 7.05 Å². The fraction of sp³-hybridized carbons (Fsp3) is 0.562. The van der Waals surface area contributed by atoms with Gasteiger partial charge in [0.05, 0.1) is 0 Å². The summed E-state index contributed by atoms with van der Waals surface area (Å²) in [7, 11) is 1.80. The second-order valence-electron chi connectivity index (χ2n) is 5.49. The molecule has 1 amide bonds. The highest BCUT2D eigenvalue weighted by atomic mass is 16.5. The summed E-state index contributed by atoms with van der Waals surface area (Å²) in [6.07, 6.45) is 4.31. The molecule has 4 heteroatoms. The average molecular weight is 276 g/mol. The minimum absolute atomic E-state index is 0.0383. The molecule has 0 aromatic heterocycles. The molecule has 1 aromatic carbocycles. The third-order valence-electron chi connectivity index (χ3n) is 4.30. The Morgan fingerprint density at radius 1 is 1.50 bits per heavy atom. The number of primary amides is 1. The maximum Gasteiger partial charge on any atom is 0.237 e. The Balaban J connectivity index is 2.12. The zero-order valence-electron chi connectivity index (χ0n) is 12.3. The number of rotatable bonds is 5. The first-order valence-corrected chi connectivity index (χ1v) is 7.34. The number of para-hydroxylation sites is 1. The summed E-state index contributed by atoms with van der Waals surface area (Å²) in [5.74, 6) is 0.647. The number of carbonyl (C=O) groups excluding carboxylic acids is 1. The van der Waals surface area contributed by atoms with Crippen molar-refractivity contribution >= 4 is 5.91 Å². The minimum atomic E-state index is -0.621. The first kappa shape index (κ1) is 14.9. The predicted molar refractivity (Wildman–Crippen MR) is 79.7 cm³/mol. The summed E-state index contributed by atoms with van der Waals surface area (Å²) in [6, 6.07) is 8.08. The van der Waals surface area contributed by atoms with Crippen LogP contribution in [0, 0.1) is 0 Å². The SMILES string of the molecule is CCc1ccccc1OC1CCCC(NC)(C(N)=O)C1. The van der Waals surface area contributed by atoms with Gasteiger partial charge in [0.1, 0.15) is 17.4 Å². The molecule has 0 aliphatic heterocycles. The molecule has 2 unspecified atom stereocenters. The van der Waals surface area contributed by atoms with E-state index in [-0.39, 0.29) is 12.0 Å². The molecule has 3 N–H and O–H groups in total. The molecule has 1 fully saturated rings. The zero-order valence-corrected chi connectivity index (χ0v) is 12.3. The highest BCUT2D eigenvalue weighted by molar-refractivity contribution is 5.84. The van der Waals surface area contributed by atoms with Crippen LogP contribution in [0.3, 0.4) is 0 Å². The Labute approximate surface area is 120 Å². The fourth-order valence-electron chi connectivity index (χ4n) is 2.99. The quantitative estimate of drug-likeness (QED) is 0.864. The highest BCUT2D eigenvalue weighted by Crippen LogP contribution is 2.32. The number of carbonyl (C=O) groups is 1. The van der Waals surface area contributed by atoms with Gasteiger partial charge in [-0.25, -0.2) is 0 Å². The van der Waals surface area contributed by atoms with Gasteiger partial charge in [0.25, 0.3) is 0 Å². The molecule has 1 saturated carbocycles. The van der Waals surface area contributed by atoms with Crippen LogP contribution in [-0.4, -0.2) is 24.6 Å². The first-order valence-electron chi connectivity index (χ1n) is 7.34. The van der Waals surface area contributed by atoms with Crippen LogP contribution < -0.4 is 15.8 Å². The maximum atomic E-state index is 11.7. The number of aryl methyl sites for hydroxylation is 1. The normalized spacial score (nSPS) is 26.2. The summed E-state index contributed by atoms with van der Waals surface area (Å²) in [5, 5.41) is 3.11. The van der Waals surface area contributed by atoms with Gasteiger partial charge in [0.15, 0.2) is 0 Å². The van der Waals surface area contributed by atoms with Crippen molar-refractivity contribution in [2.45, 2.75) is 50.7 Å². The molecule has 2 atom stereocenters. The lowest BCUT2D eigenvalue weighted by atomic mass is 9.79. The summed E-state index contributed by atoms with van der Waals surface area (Å²) in [5.41, 5.74) is 6.15. The number of nitrogens with two attached hydrogens (primary N) is 1. The molecule has 0 heterocycles. The molecule has 0 bridgehead atoms. The van der Waals surface area contributed by atoms with Crippen molar-refractivity contribution in [2.24, 2.45) is 5.73 Å². The van der Waals surface area contributed by atoms with Crippen molar-refractivity contribution < 1.29 is 9.53 Å². The molecule has 110 valence electrons. The molecule has 0 saturated heterocycles. The van der Waals surface area contributed by atoms with E-state index in [9.17, 15) is 4.79 Å². The van der Waals surface area contributed by atoms with Gasteiger partial charge >= 0.3 is 0 Å². The van der Waals surface area contributed by atoms with Crippen molar-refractivity contribution in [3.05, 3.63) is 29.8 Å². The number of benzene rings is 1. The second kappa shape index (κ2) is 6.27. The Kier molecular flexibility index (Phi) is 4.65. The second-order valence-corrected chi connectivity index (χ2v) is 5.49. The van der Waals surface area contributed by atoms with Crippen LogP contribution in [0.5, 0.6) is 5.75 Å². The monoisotopic (exact) mass is 276 g/mol. The lowest BCUT2D eigenvalue weighted by molar-refractivity contribution is -0.126. The van der Waals surface area contributed by atoms with Crippen molar-refractivity contribution in [1.82, 2.24) is 5.32 Å². The molecule has 1 aliphatic carbocycles. The van der Waals surface area contributed by atoms with Crippen molar-refractivity contribution in [3.8, 4) is 5.75 Å². The van der Waals surface area contributed by atoms with E-state index in [1.807, 2.05) is 18.2 Å². The van der Waals surface area contributed by atoms with E-state index in [1.165, 1.54) is 5.56 Å². The lowest BCUT2D eigenvalue weighted by Crippen LogP contribution is -2.58. The highest BCUT2D eigenvalue weighted by Gasteiger charge is 2.41. The smallest absolute Gasteiger partial charge is 0.237 e. The molecule has 4 nitrogen and oxygen atoms in total. The van der Waals surface area contributed by atoms with E-state index >= 15 is 0 Å². The van der Waals surface area contributed by atoms with Crippen LogP contribution in [0.25, 0.3) is 0 Å². The molecule has 0 spiro atoms. The Bertz CT molecular complexity index is 475. The van der Waals surface area contributed by atoms with Crippen molar-refractivity contribution in [3.63, 3.8) is 0 Å². The molecule has 20 heavy (non-hydrogen) atoms. The summed E-state index contributed by atoms with van der Waals surface area (Å²) in [4.78, 5) is 11.7. The van der Waals surface area contributed by atoms with Crippen LogP contribution in [0.15, 0.2) is 24.3 Å². The number of hydrogen-bond acceptors (Lipinski definition) is 3. The van der Waals surface area contributed by atoms with Gasteiger partial charge < -0.3 is 15.8 Å². The Morgan fingerprint density at radius 3 is 2.90 bits per heavy atom. The third kappa shape index (κ3) is 2.96. The van der Waals surface area contributed by atoms with Gasteiger partial charge in [-0.2, -0.15) is 0 Å². The van der Waals surface area contributed by atoms with E-state index in [2.05, 4.69) is 18.3 Å². The largest absolute Gasteiger partial charge is 0.490 e. The maximum absolute atomic E-state index is 11.7. The number of likely N-dealkylation sites (N-methyl/N-ethyl adjacent to an activating group) is 1. The van der Waals surface area contributed by atoms with E-state index in [0.717, 1.165) is 31.4 Å². The van der Waals surface area contributed by atoms with E-state index < -0.39 is 5.54 Å². The van der Waals surface area contributed by atoms with Gasteiger partial charge in [-0.05, 0) is 44.4 Å². The fourth-order valence-corrected chi connectivity index (χ4v) is 2.99. The Hall–Kier alpha value is -1.55. The van der Waals surface area contributed by atoms with Gasteiger partial charge in [-0.15, -0.1) is 0 Å². The van der Waals surface area contributed by atoms with Gasteiger partial charge in [-0.3, -0.25) is 4.79 Å². The molecular weight excluding hydrogens is 252 g/mol. The van der Waals surface area contributed by atoms with Gasteiger partial charge in [-0.1, -0.05) is 25.1 Å². The molecule has 2 rings (SSSR count). The van der Waals surface area contributed by atoms with Gasteiger partial charge in [0, 0.05) is 6.42 Å². The van der Waals surface area contributed by atoms with Crippen LogP contribution in [0.2, 0.25) is 0 Å². The summed E-state index contributed by atoms with van der Waals surface area (Å²) < 4.78 is 6.14. The average Bonchev–Trinajstić information content (AvgIpc) is 2.47. The molecule has 1 aromatic rings. The predicted octanol–water partition coefficient (Wildman–Crippen LogP) is 2.01. The number of hydrogen-bond donors (Lipinski definition) is 2. The Morgan fingerprint density at radius 2 is 2.25 bits per heavy atom. The van der Waals surface area contributed by atoms with E-state index in [4.69, 9.17) is 10.5 Å². The summed E-state index contributed by atoms with van der Waals surface area (Å²) in [6.45, 7) is 2.12. The zero-order chi connectivity index (χ0) is 14.6. The van der Waals surface area contributed by atoms with Crippen molar-refractivity contribution in [1.29, 1.82) is 0 Å². The minimum Gasteiger partial charge on any atom is -0.490 e. The van der Waals surface area contributed by atoms with E-state index in [1.54, 1.807) is 7.05 Å². The third-order valence-corrected chi connectivity index (χ3v) is 4.30. The number of ether oxygens (including phenoxy) is 1. The van der Waals surface area contributed by atoms with Crippen LogP contribution in [0.4, 0.5) is 0 Å². The lowest BCUT2D eigenvalue weighted by Gasteiger charge is -2.38. The number of amides is 1. The standard InChI is InChI=1S/C16H24N2O2/c1-3-12-7-4-5-9-14(12)20-13-8-6-10-16(11-13,18-2)15(17)19/h4-5,7,9,13,18H,3,6,8,10-11H2,1-2H3,(H2,17,19).